The van der Waals surface area contributed by atoms with E-state index in [2.05, 4.69) is 31.0 Å². The molecule has 3 nitrogen and oxygen atoms in total. The monoisotopic (exact) mass is 252 g/mol. The van der Waals surface area contributed by atoms with Crippen LogP contribution in [0.2, 0.25) is 0 Å². The van der Waals surface area contributed by atoms with E-state index in [4.69, 9.17) is 0 Å². The first-order valence-electron chi connectivity index (χ1n) is 7.47. The van der Waals surface area contributed by atoms with E-state index in [0.717, 1.165) is 12.5 Å². The predicted octanol–water partition coefficient (Wildman–Crippen LogP) is 3.40. The number of urea groups is 1. The molecule has 0 spiro atoms. The van der Waals surface area contributed by atoms with Crippen LogP contribution in [0.4, 0.5) is 4.79 Å². The first-order chi connectivity index (χ1) is 8.40. The molecular formula is C15H28N2O. The van der Waals surface area contributed by atoms with Crippen molar-refractivity contribution in [1.29, 1.82) is 0 Å². The van der Waals surface area contributed by atoms with Crippen LogP contribution in [0.3, 0.4) is 0 Å². The molecule has 3 atom stereocenters. The van der Waals surface area contributed by atoms with Crippen LogP contribution >= 0.6 is 0 Å². The van der Waals surface area contributed by atoms with Gasteiger partial charge in [0.05, 0.1) is 0 Å². The zero-order chi connectivity index (χ0) is 13.3. The first-order valence-corrected chi connectivity index (χ1v) is 7.47. The van der Waals surface area contributed by atoms with Gasteiger partial charge in [-0.1, -0.05) is 20.8 Å². The molecule has 0 aliphatic carbocycles. The van der Waals surface area contributed by atoms with Crippen molar-refractivity contribution >= 4 is 6.03 Å². The standard InChI is InChI=1S/C15H28N2O/c1-5-16-14(18)17-12-6-7-13(17)9-11(8-12)10-15(2,3)4/h11-13H,5-10H2,1-4H3,(H,16,18)/t11-,12+,13-. The molecule has 2 bridgehead atoms. The maximum Gasteiger partial charge on any atom is 0.317 e. The Labute approximate surface area is 111 Å². The molecule has 2 amide bonds. The quantitative estimate of drug-likeness (QED) is 0.802. The van der Waals surface area contributed by atoms with E-state index in [1.807, 2.05) is 6.92 Å². The van der Waals surface area contributed by atoms with Crippen LogP contribution in [0, 0.1) is 11.3 Å². The summed E-state index contributed by atoms with van der Waals surface area (Å²) in [4.78, 5) is 14.2. The second-order valence-corrected chi connectivity index (χ2v) is 7.23. The molecule has 2 heterocycles. The second-order valence-electron chi connectivity index (χ2n) is 7.23. The highest BCUT2D eigenvalue weighted by atomic mass is 16.2. The zero-order valence-electron chi connectivity index (χ0n) is 12.3. The van der Waals surface area contributed by atoms with Crippen molar-refractivity contribution in [3.8, 4) is 0 Å². The molecule has 2 fully saturated rings. The van der Waals surface area contributed by atoms with E-state index >= 15 is 0 Å². The Bertz CT molecular complexity index is 294. The SMILES string of the molecule is CCNC(=O)N1[C@@H]2CC[C@H]1C[C@@H](CC(C)(C)C)C2. The number of carbonyl (C=O) groups is 1. The van der Waals surface area contributed by atoms with Gasteiger partial charge in [-0.25, -0.2) is 4.79 Å². The Hall–Kier alpha value is -0.730. The van der Waals surface area contributed by atoms with Crippen LogP contribution in [0.5, 0.6) is 0 Å². The van der Waals surface area contributed by atoms with Crippen molar-refractivity contribution in [2.75, 3.05) is 6.54 Å². The molecule has 104 valence electrons. The van der Waals surface area contributed by atoms with Crippen molar-refractivity contribution in [2.45, 2.75) is 71.9 Å². The van der Waals surface area contributed by atoms with Crippen LogP contribution in [0.15, 0.2) is 0 Å². The van der Waals surface area contributed by atoms with E-state index in [1.54, 1.807) is 0 Å². The Morgan fingerprint density at radius 2 is 1.78 bits per heavy atom. The van der Waals surface area contributed by atoms with Crippen molar-refractivity contribution in [3.63, 3.8) is 0 Å². The number of fused-ring (bicyclic) bond motifs is 2. The molecule has 0 unspecified atom stereocenters. The van der Waals surface area contributed by atoms with Crippen molar-refractivity contribution in [2.24, 2.45) is 11.3 Å². The maximum atomic E-state index is 12.1. The van der Waals surface area contributed by atoms with Gasteiger partial charge in [-0.2, -0.15) is 0 Å². The summed E-state index contributed by atoms with van der Waals surface area (Å²) >= 11 is 0. The third kappa shape index (κ3) is 2.99. The molecule has 3 heteroatoms. The number of rotatable bonds is 2. The lowest BCUT2D eigenvalue weighted by molar-refractivity contribution is 0.105. The first kappa shape index (κ1) is 13.7. The number of carbonyl (C=O) groups excluding carboxylic acids is 1. The van der Waals surface area contributed by atoms with E-state index in [-0.39, 0.29) is 6.03 Å². The molecule has 18 heavy (non-hydrogen) atoms. The van der Waals surface area contributed by atoms with Crippen LogP contribution in [0.25, 0.3) is 0 Å². The summed E-state index contributed by atoms with van der Waals surface area (Å²) in [6.07, 6.45) is 6.14. The number of amides is 2. The van der Waals surface area contributed by atoms with Crippen molar-refractivity contribution in [3.05, 3.63) is 0 Å². The lowest BCUT2D eigenvalue weighted by Gasteiger charge is -2.40. The van der Waals surface area contributed by atoms with Gasteiger partial charge in [0.1, 0.15) is 0 Å². The summed E-state index contributed by atoms with van der Waals surface area (Å²) in [5.74, 6) is 0.813. The Balaban J connectivity index is 1.97. The summed E-state index contributed by atoms with van der Waals surface area (Å²) < 4.78 is 0. The van der Waals surface area contributed by atoms with Gasteiger partial charge in [-0.15, -0.1) is 0 Å². The molecule has 1 N–H and O–H groups in total. The summed E-state index contributed by atoms with van der Waals surface area (Å²) in [5, 5.41) is 2.97. The van der Waals surface area contributed by atoms with Crippen LogP contribution in [-0.4, -0.2) is 29.6 Å². The minimum absolute atomic E-state index is 0.166. The van der Waals surface area contributed by atoms with Crippen molar-refractivity contribution < 1.29 is 4.79 Å². The Morgan fingerprint density at radius 3 is 2.22 bits per heavy atom. The fourth-order valence-corrected chi connectivity index (χ4v) is 3.90. The highest BCUT2D eigenvalue weighted by molar-refractivity contribution is 5.75. The molecule has 2 rings (SSSR count). The third-order valence-corrected chi connectivity index (χ3v) is 4.29. The minimum Gasteiger partial charge on any atom is -0.338 e. The predicted molar refractivity (Wildman–Crippen MR) is 74.5 cm³/mol. The number of nitrogens with one attached hydrogen (secondary N) is 1. The lowest BCUT2D eigenvalue weighted by Crippen LogP contribution is -2.51. The summed E-state index contributed by atoms with van der Waals surface area (Å²) in [6.45, 7) is 9.70. The van der Waals surface area contributed by atoms with E-state index in [9.17, 15) is 4.79 Å². The second kappa shape index (κ2) is 5.10. The van der Waals surface area contributed by atoms with E-state index in [0.29, 0.717) is 17.5 Å². The van der Waals surface area contributed by atoms with Crippen LogP contribution in [0.1, 0.15) is 59.8 Å². The molecule has 0 aromatic rings. The normalized spacial score (nSPS) is 31.6. The van der Waals surface area contributed by atoms with Gasteiger partial charge in [0.2, 0.25) is 0 Å². The molecular weight excluding hydrogens is 224 g/mol. The number of hydrogen-bond donors (Lipinski definition) is 1. The number of piperidine rings is 1. The van der Waals surface area contributed by atoms with Gasteiger partial charge in [-0.05, 0) is 50.4 Å². The largest absolute Gasteiger partial charge is 0.338 e. The fourth-order valence-electron chi connectivity index (χ4n) is 3.90. The van der Waals surface area contributed by atoms with Gasteiger partial charge in [0.15, 0.2) is 0 Å². The van der Waals surface area contributed by atoms with Crippen molar-refractivity contribution in [1.82, 2.24) is 10.2 Å². The average molecular weight is 252 g/mol. The maximum absolute atomic E-state index is 12.1. The summed E-state index contributed by atoms with van der Waals surface area (Å²) in [5.41, 5.74) is 0.415. The zero-order valence-corrected chi connectivity index (χ0v) is 12.3. The molecule has 0 aromatic carbocycles. The highest BCUT2D eigenvalue weighted by Gasteiger charge is 2.43. The van der Waals surface area contributed by atoms with E-state index < -0.39 is 0 Å². The number of hydrogen-bond acceptors (Lipinski definition) is 1. The Morgan fingerprint density at radius 1 is 1.22 bits per heavy atom. The van der Waals surface area contributed by atoms with Gasteiger partial charge < -0.3 is 10.2 Å². The van der Waals surface area contributed by atoms with Gasteiger partial charge in [0, 0.05) is 18.6 Å². The molecule has 2 aliphatic heterocycles. The summed E-state index contributed by atoms with van der Waals surface area (Å²) in [7, 11) is 0. The fraction of sp³-hybridized carbons (Fsp3) is 0.933. The minimum atomic E-state index is 0.166. The highest BCUT2D eigenvalue weighted by Crippen LogP contribution is 2.42. The van der Waals surface area contributed by atoms with Crippen LogP contribution < -0.4 is 5.32 Å². The number of nitrogens with zero attached hydrogens (tertiary/aromatic N) is 1. The lowest BCUT2D eigenvalue weighted by atomic mass is 9.78. The van der Waals surface area contributed by atoms with Gasteiger partial charge >= 0.3 is 6.03 Å². The molecule has 2 saturated heterocycles. The van der Waals surface area contributed by atoms with Gasteiger partial charge in [-0.3, -0.25) is 0 Å². The van der Waals surface area contributed by atoms with Gasteiger partial charge in [0.25, 0.3) is 0 Å². The smallest absolute Gasteiger partial charge is 0.317 e. The third-order valence-electron chi connectivity index (χ3n) is 4.29. The molecule has 0 radical (unpaired) electrons. The van der Waals surface area contributed by atoms with E-state index in [1.165, 1.54) is 32.1 Å². The average Bonchev–Trinajstić information content (AvgIpc) is 2.49. The Kier molecular flexibility index (Phi) is 3.88. The molecule has 0 aromatic heterocycles. The molecule has 2 aliphatic rings. The molecule has 0 saturated carbocycles. The van der Waals surface area contributed by atoms with Crippen LogP contribution in [-0.2, 0) is 0 Å². The topological polar surface area (TPSA) is 32.3 Å². The summed E-state index contributed by atoms with van der Waals surface area (Å²) in [6, 6.07) is 1.17.